The number of fused-ring (bicyclic) bond motifs is 2. The van der Waals surface area contributed by atoms with Crippen LogP contribution in [0.1, 0.15) is 18.4 Å². The highest BCUT2D eigenvalue weighted by atomic mass is 35.5. The Balaban J connectivity index is 1.72. The lowest BCUT2D eigenvalue weighted by atomic mass is 9.91. The topological polar surface area (TPSA) is 65.4 Å². The van der Waals surface area contributed by atoms with Gasteiger partial charge < -0.3 is 14.7 Å². The molecule has 0 radical (unpaired) electrons. The van der Waals surface area contributed by atoms with Gasteiger partial charge in [-0.25, -0.2) is 4.99 Å². The Bertz CT molecular complexity index is 1000. The molecule has 2 heterocycles. The van der Waals surface area contributed by atoms with Gasteiger partial charge in [0.1, 0.15) is 17.3 Å². The maximum absolute atomic E-state index is 12.8. The maximum Gasteiger partial charge on any atom is 0.308 e. The summed E-state index contributed by atoms with van der Waals surface area (Å²) in [5.41, 5.74) is 1.47. The van der Waals surface area contributed by atoms with E-state index in [0.717, 1.165) is 11.4 Å². The summed E-state index contributed by atoms with van der Waals surface area (Å²) in [5, 5.41) is 10.4. The number of hydrogen-bond donors (Lipinski definition) is 1. The Kier molecular flexibility index (Phi) is 6.43. The molecule has 4 rings (SSSR count). The number of aliphatic imine (C=N–C) groups is 1. The van der Waals surface area contributed by atoms with Gasteiger partial charge in [0.25, 0.3) is 0 Å². The highest BCUT2D eigenvalue weighted by Gasteiger charge is 2.37. The first-order valence-electron chi connectivity index (χ1n) is 10.4. The summed E-state index contributed by atoms with van der Waals surface area (Å²) in [4.78, 5) is 21.0. The first-order valence-corrected chi connectivity index (χ1v) is 10.7. The molecule has 2 unspecified atom stereocenters. The zero-order valence-corrected chi connectivity index (χ0v) is 18.1. The lowest BCUT2D eigenvalue weighted by Crippen LogP contribution is -2.57. The summed E-state index contributed by atoms with van der Waals surface area (Å²) >= 11 is 6.20. The fourth-order valence-electron chi connectivity index (χ4n) is 4.24. The zero-order chi connectivity index (χ0) is 22.0. The molecule has 1 fully saturated rings. The van der Waals surface area contributed by atoms with Gasteiger partial charge in [-0.1, -0.05) is 23.7 Å². The van der Waals surface area contributed by atoms with Gasteiger partial charge in [0.2, 0.25) is 0 Å². The van der Waals surface area contributed by atoms with Crippen molar-refractivity contribution in [3.8, 4) is 11.5 Å². The smallest absolute Gasteiger partial charge is 0.308 e. The molecule has 0 aliphatic carbocycles. The number of carboxylic acid groups (broad SMARTS) is 1. The molecule has 2 aliphatic rings. The third kappa shape index (κ3) is 4.52. The van der Waals surface area contributed by atoms with Crippen molar-refractivity contribution in [2.24, 2.45) is 10.9 Å². The summed E-state index contributed by atoms with van der Waals surface area (Å²) in [7, 11) is 1.93. The molecule has 8 heteroatoms. The van der Waals surface area contributed by atoms with E-state index in [2.05, 4.69) is 9.80 Å². The first kappa shape index (κ1) is 21.6. The van der Waals surface area contributed by atoms with Crippen LogP contribution < -0.4 is 4.74 Å². The molecule has 0 amide bonds. The van der Waals surface area contributed by atoms with Crippen molar-refractivity contribution >= 4 is 29.1 Å². The Morgan fingerprint density at radius 1 is 1.29 bits per heavy atom. The number of halogens is 2. The second kappa shape index (κ2) is 9.24. The zero-order valence-electron chi connectivity index (χ0n) is 17.3. The van der Waals surface area contributed by atoms with Crippen molar-refractivity contribution in [1.82, 2.24) is 9.80 Å². The molecular weight excluding hydrogens is 421 g/mol. The van der Waals surface area contributed by atoms with Crippen LogP contribution in [0.4, 0.5) is 10.1 Å². The minimum Gasteiger partial charge on any atom is -0.481 e. The van der Waals surface area contributed by atoms with Gasteiger partial charge >= 0.3 is 5.97 Å². The lowest BCUT2D eigenvalue weighted by molar-refractivity contribution is -0.145. The standard InChI is InChI=1S/C23H25ClFN3O3/c1-27-11-12-28(14-19(27)16(23(29)30)6-4-10-25)22-17-5-2-3-7-20(17)31-21-9-8-15(24)13-18(21)26-22/h2-3,5,7-9,13,16,19H,4,6,10-12,14H2,1H3,(H,29,30). The van der Waals surface area contributed by atoms with E-state index in [1.807, 2.05) is 31.3 Å². The number of amidine groups is 1. The van der Waals surface area contributed by atoms with Gasteiger partial charge in [-0.2, -0.15) is 0 Å². The molecule has 1 saturated heterocycles. The molecule has 2 atom stereocenters. The van der Waals surface area contributed by atoms with Crippen LogP contribution in [0, 0.1) is 5.92 Å². The van der Waals surface area contributed by atoms with Crippen molar-refractivity contribution in [1.29, 1.82) is 0 Å². The number of alkyl halides is 1. The van der Waals surface area contributed by atoms with E-state index in [4.69, 9.17) is 21.3 Å². The third-order valence-corrected chi connectivity index (χ3v) is 6.16. The molecular formula is C23H25ClFN3O3. The van der Waals surface area contributed by atoms with Crippen molar-refractivity contribution in [2.45, 2.75) is 18.9 Å². The highest BCUT2D eigenvalue weighted by molar-refractivity contribution is 6.31. The van der Waals surface area contributed by atoms with Gasteiger partial charge in [0.15, 0.2) is 5.75 Å². The third-order valence-electron chi connectivity index (χ3n) is 5.92. The van der Waals surface area contributed by atoms with Crippen LogP contribution in [0.5, 0.6) is 11.5 Å². The normalized spacial score (nSPS) is 19.5. The monoisotopic (exact) mass is 445 g/mol. The largest absolute Gasteiger partial charge is 0.481 e. The Hall–Kier alpha value is -2.64. The SMILES string of the molecule is CN1CCN(C2=Nc3cc(Cl)ccc3Oc3ccccc32)CC1C(CCCF)C(=O)O. The van der Waals surface area contributed by atoms with Gasteiger partial charge in [-0.15, -0.1) is 0 Å². The number of benzene rings is 2. The summed E-state index contributed by atoms with van der Waals surface area (Å²) in [6, 6.07) is 12.7. The van der Waals surface area contributed by atoms with Crippen LogP contribution >= 0.6 is 11.6 Å². The van der Waals surface area contributed by atoms with Crippen molar-refractivity contribution in [2.75, 3.05) is 33.4 Å². The van der Waals surface area contributed by atoms with Crippen LogP contribution in [0.25, 0.3) is 0 Å². The predicted octanol–water partition coefficient (Wildman–Crippen LogP) is 4.59. The Morgan fingerprint density at radius 2 is 2.10 bits per heavy atom. The van der Waals surface area contributed by atoms with Gasteiger partial charge in [0.05, 0.1) is 18.2 Å². The molecule has 2 aliphatic heterocycles. The quantitative estimate of drug-likeness (QED) is 0.729. The van der Waals surface area contributed by atoms with E-state index in [0.29, 0.717) is 48.3 Å². The number of ether oxygens (including phenoxy) is 1. The number of aliphatic carboxylic acids is 1. The molecule has 0 saturated carbocycles. The number of nitrogens with zero attached hydrogens (tertiary/aromatic N) is 3. The highest BCUT2D eigenvalue weighted by Crippen LogP contribution is 2.40. The molecule has 2 aromatic carbocycles. The molecule has 0 bridgehead atoms. The average molecular weight is 446 g/mol. The maximum atomic E-state index is 12.8. The first-order chi connectivity index (χ1) is 15.0. The fourth-order valence-corrected chi connectivity index (χ4v) is 4.41. The summed E-state index contributed by atoms with van der Waals surface area (Å²) in [5.74, 6) is 0.484. The summed E-state index contributed by atoms with van der Waals surface area (Å²) < 4.78 is 18.9. The van der Waals surface area contributed by atoms with E-state index in [9.17, 15) is 14.3 Å². The van der Waals surface area contributed by atoms with Crippen molar-refractivity contribution in [3.05, 3.63) is 53.1 Å². The minimum absolute atomic E-state index is 0.241. The predicted molar refractivity (Wildman–Crippen MR) is 118 cm³/mol. The second-order valence-electron chi connectivity index (χ2n) is 7.92. The number of carboxylic acids is 1. The van der Waals surface area contributed by atoms with Crippen molar-refractivity contribution < 1.29 is 19.0 Å². The number of rotatable bonds is 5. The molecule has 164 valence electrons. The van der Waals surface area contributed by atoms with E-state index < -0.39 is 18.6 Å². The van der Waals surface area contributed by atoms with Crippen molar-refractivity contribution in [3.63, 3.8) is 0 Å². The van der Waals surface area contributed by atoms with E-state index in [-0.39, 0.29) is 12.5 Å². The molecule has 6 nitrogen and oxygen atoms in total. The molecule has 0 spiro atoms. The lowest BCUT2D eigenvalue weighted by Gasteiger charge is -2.43. The van der Waals surface area contributed by atoms with Gasteiger partial charge in [0, 0.05) is 30.7 Å². The van der Waals surface area contributed by atoms with Gasteiger partial charge in [-0.05, 0) is 50.2 Å². The van der Waals surface area contributed by atoms with Crippen LogP contribution in [0.2, 0.25) is 5.02 Å². The number of piperazine rings is 1. The minimum atomic E-state index is -0.893. The molecule has 2 aromatic rings. The molecule has 0 aromatic heterocycles. The Labute approximate surface area is 185 Å². The fraction of sp³-hybridized carbons (Fsp3) is 0.391. The second-order valence-corrected chi connectivity index (χ2v) is 8.35. The van der Waals surface area contributed by atoms with E-state index >= 15 is 0 Å². The number of likely N-dealkylation sites (N-methyl/N-ethyl adjacent to an activating group) is 1. The van der Waals surface area contributed by atoms with Crippen LogP contribution in [-0.2, 0) is 4.79 Å². The van der Waals surface area contributed by atoms with Gasteiger partial charge in [-0.3, -0.25) is 14.1 Å². The summed E-state index contributed by atoms with van der Waals surface area (Å²) in [6.07, 6.45) is 0.546. The van der Waals surface area contributed by atoms with Crippen LogP contribution in [0.3, 0.4) is 0 Å². The number of hydrogen-bond acceptors (Lipinski definition) is 5. The Morgan fingerprint density at radius 3 is 2.87 bits per heavy atom. The average Bonchev–Trinajstić information content (AvgIpc) is 2.91. The van der Waals surface area contributed by atoms with E-state index in [1.54, 1.807) is 18.2 Å². The summed E-state index contributed by atoms with van der Waals surface area (Å²) in [6.45, 7) is 1.32. The number of para-hydroxylation sites is 1. The molecule has 31 heavy (non-hydrogen) atoms. The van der Waals surface area contributed by atoms with Crippen LogP contribution in [0.15, 0.2) is 47.5 Å². The van der Waals surface area contributed by atoms with Crippen LogP contribution in [-0.4, -0.2) is 66.1 Å². The number of carbonyl (C=O) groups is 1. The molecule has 1 N–H and O–H groups in total. The van der Waals surface area contributed by atoms with E-state index in [1.165, 1.54) is 0 Å².